The van der Waals surface area contributed by atoms with Gasteiger partial charge < -0.3 is 14.4 Å². The molecule has 0 saturated carbocycles. The topological polar surface area (TPSA) is 55.8 Å². The van der Waals surface area contributed by atoms with E-state index >= 15 is 0 Å². The zero-order valence-electron chi connectivity index (χ0n) is 12.7. The smallest absolute Gasteiger partial charge is 0.410 e. The molecule has 0 saturated heterocycles. The molecule has 22 heavy (non-hydrogen) atoms. The van der Waals surface area contributed by atoms with E-state index in [0.29, 0.717) is 26.1 Å². The molecule has 1 aromatic rings. The van der Waals surface area contributed by atoms with Crippen LogP contribution in [0, 0.1) is 5.92 Å². The molecule has 0 N–H and O–H groups in total. The Bertz CT molecular complexity index is 527. The summed E-state index contributed by atoms with van der Waals surface area (Å²) in [5.41, 5.74) is 0.950. The Morgan fingerprint density at radius 3 is 2.73 bits per heavy atom. The van der Waals surface area contributed by atoms with Crippen LogP contribution in [0.25, 0.3) is 0 Å². The second-order valence-corrected chi connectivity index (χ2v) is 5.06. The van der Waals surface area contributed by atoms with Gasteiger partial charge in [-0.2, -0.15) is 0 Å². The average molecular weight is 303 g/mol. The molecule has 1 aliphatic rings. The largest absolute Gasteiger partial charge is 0.466 e. The Morgan fingerprint density at radius 2 is 2.00 bits per heavy atom. The van der Waals surface area contributed by atoms with E-state index in [2.05, 4.69) is 0 Å². The number of carbonyl (C=O) groups excluding carboxylic acids is 2. The van der Waals surface area contributed by atoms with Crippen molar-refractivity contribution in [3.05, 3.63) is 48.0 Å². The van der Waals surface area contributed by atoms with Gasteiger partial charge in [0.25, 0.3) is 0 Å². The zero-order chi connectivity index (χ0) is 15.8. The van der Waals surface area contributed by atoms with Crippen LogP contribution >= 0.6 is 0 Å². The van der Waals surface area contributed by atoms with Gasteiger partial charge in [0.2, 0.25) is 0 Å². The second-order valence-electron chi connectivity index (χ2n) is 5.06. The summed E-state index contributed by atoms with van der Waals surface area (Å²) in [4.78, 5) is 25.4. The summed E-state index contributed by atoms with van der Waals surface area (Å²) >= 11 is 0. The van der Waals surface area contributed by atoms with E-state index in [1.54, 1.807) is 11.8 Å². The lowest BCUT2D eigenvalue weighted by Gasteiger charge is -2.20. The first-order valence-electron chi connectivity index (χ1n) is 7.49. The highest BCUT2D eigenvalue weighted by Crippen LogP contribution is 2.14. The van der Waals surface area contributed by atoms with Crippen LogP contribution in [0.15, 0.2) is 42.5 Å². The molecule has 1 aliphatic heterocycles. The van der Waals surface area contributed by atoms with E-state index in [0.717, 1.165) is 5.56 Å². The number of hydrogen-bond acceptors (Lipinski definition) is 4. The molecule has 0 bridgehead atoms. The number of benzene rings is 1. The van der Waals surface area contributed by atoms with Crippen molar-refractivity contribution in [3.63, 3.8) is 0 Å². The van der Waals surface area contributed by atoms with Gasteiger partial charge in [0.05, 0.1) is 12.5 Å². The molecule has 0 aliphatic carbocycles. The van der Waals surface area contributed by atoms with Crippen molar-refractivity contribution in [3.8, 4) is 0 Å². The number of carbonyl (C=O) groups is 2. The molecule has 1 atom stereocenters. The molecule has 0 spiro atoms. The van der Waals surface area contributed by atoms with Crippen molar-refractivity contribution < 1.29 is 19.1 Å². The molecular weight excluding hydrogens is 282 g/mol. The number of nitrogens with zero attached hydrogens (tertiary/aromatic N) is 1. The first-order valence-corrected chi connectivity index (χ1v) is 7.49. The van der Waals surface area contributed by atoms with Gasteiger partial charge in [0.1, 0.15) is 6.61 Å². The first-order chi connectivity index (χ1) is 10.7. The van der Waals surface area contributed by atoms with E-state index in [9.17, 15) is 9.59 Å². The van der Waals surface area contributed by atoms with Crippen LogP contribution in [0.1, 0.15) is 18.9 Å². The lowest BCUT2D eigenvalue weighted by atomic mass is 10.1. The highest BCUT2D eigenvalue weighted by atomic mass is 16.6. The van der Waals surface area contributed by atoms with E-state index in [1.807, 2.05) is 42.5 Å². The minimum absolute atomic E-state index is 0.238. The van der Waals surface area contributed by atoms with E-state index in [4.69, 9.17) is 9.47 Å². The fraction of sp³-hybridized carbons (Fsp3) is 0.412. The standard InChI is InChI=1S/C17H21NO4/c1-2-21-16(19)15-9-6-11-18(12-10-15)17(20)22-13-14-7-4-3-5-8-14/h3-9,15H,2,10-13H2,1H3. The van der Waals surface area contributed by atoms with Gasteiger partial charge in [-0.05, 0) is 18.9 Å². The van der Waals surface area contributed by atoms with Crippen molar-refractivity contribution >= 4 is 12.1 Å². The fourth-order valence-corrected chi connectivity index (χ4v) is 2.26. The van der Waals surface area contributed by atoms with Gasteiger partial charge in [-0.15, -0.1) is 0 Å². The van der Waals surface area contributed by atoms with Crippen LogP contribution in [0.5, 0.6) is 0 Å². The number of rotatable bonds is 4. The molecule has 5 heteroatoms. The van der Waals surface area contributed by atoms with Gasteiger partial charge in [0.15, 0.2) is 0 Å². The number of hydrogen-bond donors (Lipinski definition) is 0. The van der Waals surface area contributed by atoms with Crippen LogP contribution in [-0.2, 0) is 20.9 Å². The van der Waals surface area contributed by atoms with Crippen molar-refractivity contribution in [2.24, 2.45) is 5.92 Å². The summed E-state index contributed by atoms with van der Waals surface area (Å²) in [7, 11) is 0. The molecule has 5 nitrogen and oxygen atoms in total. The van der Waals surface area contributed by atoms with Gasteiger partial charge in [-0.3, -0.25) is 4.79 Å². The van der Waals surface area contributed by atoms with Crippen molar-refractivity contribution in [1.29, 1.82) is 0 Å². The number of esters is 1. The van der Waals surface area contributed by atoms with Crippen molar-refractivity contribution in [1.82, 2.24) is 4.90 Å². The van der Waals surface area contributed by atoms with Crippen molar-refractivity contribution in [2.75, 3.05) is 19.7 Å². The van der Waals surface area contributed by atoms with E-state index in [-0.39, 0.29) is 24.6 Å². The van der Waals surface area contributed by atoms with E-state index in [1.165, 1.54) is 0 Å². The molecule has 1 heterocycles. The molecule has 0 fully saturated rings. The molecule has 0 radical (unpaired) electrons. The quantitative estimate of drug-likeness (QED) is 0.634. The summed E-state index contributed by atoms with van der Waals surface area (Å²) < 4.78 is 10.3. The van der Waals surface area contributed by atoms with Crippen LogP contribution < -0.4 is 0 Å². The first kappa shape index (κ1) is 16.1. The molecule has 2 rings (SSSR count). The van der Waals surface area contributed by atoms with Crippen LogP contribution in [0.4, 0.5) is 4.79 Å². The lowest BCUT2D eigenvalue weighted by molar-refractivity contribution is -0.146. The van der Waals surface area contributed by atoms with Gasteiger partial charge >= 0.3 is 12.1 Å². The fourth-order valence-electron chi connectivity index (χ4n) is 2.26. The monoisotopic (exact) mass is 303 g/mol. The maximum absolute atomic E-state index is 12.1. The van der Waals surface area contributed by atoms with E-state index < -0.39 is 0 Å². The average Bonchev–Trinajstić information content (AvgIpc) is 2.80. The normalized spacial score (nSPS) is 17.7. The second kappa shape index (κ2) is 8.22. The number of amides is 1. The maximum Gasteiger partial charge on any atom is 0.410 e. The SMILES string of the molecule is CCOC(=O)C1C=CCN(C(=O)OCc2ccccc2)CC1. The Labute approximate surface area is 130 Å². The van der Waals surface area contributed by atoms with Crippen LogP contribution in [-0.4, -0.2) is 36.7 Å². The molecule has 118 valence electrons. The third kappa shape index (κ3) is 4.62. The van der Waals surface area contributed by atoms with Gasteiger partial charge in [-0.25, -0.2) is 4.79 Å². The Morgan fingerprint density at radius 1 is 1.23 bits per heavy atom. The summed E-state index contributed by atoms with van der Waals surface area (Å²) in [5, 5.41) is 0. The molecular formula is C17H21NO4. The number of ether oxygens (including phenoxy) is 2. The molecule has 1 unspecified atom stereocenters. The Kier molecular flexibility index (Phi) is 6.01. The third-order valence-corrected chi connectivity index (χ3v) is 3.46. The minimum atomic E-state index is -0.363. The van der Waals surface area contributed by atoms with Gasteiger partial charge in [0, 0.05) is 13.1 Å². The third-order valence-electron chi connectivity index (χ3n) is 3.46. The summed E-state index contributed by atoms with van der Waals surface area (Å²) in [6.45, 7) is 3.33. The van der Waals surface area contributed by atoms with Crippen LogP contribution in [0.3, 0.4) is 0 Å². The predicted molar refractivity (Wildman–Crippen MR) is 82.1 cm³/mol. The van der Waals surface area contributed by atoms with Crippen LogP contribution in [0.2, 0.25) is 0 Å². The highest BCUT2D eigenvalue weighted by Gasteiger charge is 2.23. The minimum Gasteiger partial charge on any atom is -0.466 e. The summed E-state index contributed by atoms with van der Waals surface area (Å²) in [5.74, 6) is -0.523. The zero-order valence-corrected chi connectivity index (χ0v) is 12.7. The maximum atomic E-state index is 12.1. The Hall–Kier alpha value is -2.30. The molecule has 1 aromatic carbocycles. The van der Waals surface area contributed by atoms with Crippen molar-refractivity contribution in [2.45, 2.75) is 20.0 Å². The molecule has 1 amide bonds. The summed E-state index contributed by atoms with van der Waals surface area (Å²) in [6, 6.07) is 9.54. The van der Waals surface area contributed by atoms with Gasteiger partial charge in [-0.1, -0.05) is 42.5 Å². The predicted octanol–water partition coefficient (Wildman–Crippen LogP) is 2.76. The lowest BCUT2D eigenvalue weighted by Crippen LogP contribution is -2.32. The molecule has 0 aromatic heterocycles. The highest BCUT2D eigenvalue weighted by molar-refractivity contribution is 5.75. The summed E-state index contributed by atoms with van der Waals surface area (Å²) in [6.07, 6.45) is 3.81. The Balaban J connectivity index is 1.82.